The summed E-state index contributed by atoms with van der Waals surface area (Å²) in [5.74, 6) is -0.430. The van der Waals surface area contributed by atoms with E-state index in [2.05, 4.69) is 10.1 Å². The van der Waals surface area contributed by atoms with Crippen LogP contribution < -0.4 is 0 Å². The highest BCUT2D eigenvalue weighted by atomic mass is 16.7. The third-order valence-electron chi connectivity index (χ3n) is 3.44. The molecule has 2 aromatic carbocycles. The van der Waals surface area contributed by atoms with Gasteiger partial charge in [-0.05, 0) is 18.6 Å². The first kappa shape index (κ1) is 14.1. The Labute approximate surface area is 128 Å². The van der Waals surface area contributed by atoms with Crippen molar-refractivity contribution in [2.24, 2.45) is 5.16 Å². The summed E-state index contributed by atoms with van der Waals surface area (Å²) in [6, 6.07) is 18.0. The summed E-state index contributed by atoms with van der Waals surface area (Å²) >= 11 is 0. The Kier molecular flexibility index (Phi) is 3.74. The molecule has 0 saturated heterocycles. The molecule has 0 fully saturated rings. The molecule has 0 bridgehead atoms. The van der Waals surface area contributed by atoms with Gasteiger partial charge in [0.1, 0.15) is 0 Å². The third-order valence-corrected chi connectivity index (χ3v) is 3.44. The number of nitrogens with zero attached hydrogens (tertiary/aromatic N) is 1. The molecule has 4 heteroatoms. The van der Waals surface area contributed by atoms with Gasteiger partial charge in [0, 0.05) is 23.4 Å². The Hall–Kier alpha value is -2.88. The zero-order valence-corrected chi connectivity index (χ0v) is 12.5. The molecule has 0 atom stereocenters. The number of fused-ring (bicyclic) bond motifs is 1. The SMILES string of the molecule is CC(=O)ON=C(C)c1c(-c2ccccc2)[nH]c2ccccc12. The molecule has 0 aliphatic carbocycles. The van der Waals surface area contributed by atoms with Crippen molar-refractivity contribution in [1.82, 2.24) is 4.98 Å². The Balaban J connectivity index is 2.22. The molecule has 0 unspecified atom stereocenters. The Bertz CT molecular complexity index is 848. The van der Waals surface area contributed by atoms with Crippen LogP contribution in [0.15, 0.2) is 59.8 Å². The molecule has 1 heterocycles. The number of oxime groups is 1. The molecule has 4 nitrogen and oxygen atoms in total. The molecule has 0 saturated carbocycles. The van der Waals surface area contributed by atoms with E-state index in [0.29, 0.717) is 5.71 Å². The summed E-state index contributed by atoms with van der Waals surface area (Å²) in [6.07, 6.45) is 0. The first-order chi connectivity index (χ1) is 10.7. The summed E-state index contributed by atoms with van der Waals surface area (Å²) in [5, 5.41) is 5.00. The Morgan fingerprint density at radius 1 is 1.00 bits per heavy atom. The fraction of sp³-hybridized carbons (Fsp3) is 0.111. The summed E-state index contributed by atoms with van der Waals surface area (Å²) in [4.78, 5) is 19.2. The van der Waals surface area contributed by atoms with Gasteiger partial charge in [0.15, 0.2) is 0 Å². The average Bonchev–Trinajstić information content (AvgIpc) is 2.93. The minimum atomic E-state index is -0.430. The van der Waals surface area contributed by atoms with Crippen molar-refractivity contribution in [3.63, 3.8) is 0 Å². The molecule has 22 heavy (non-hydrogen) atoms. The van der Waals surface area contributed by atoms with Gasteiger partial charge in [0.05, 0.1) is 11.4 Å². The summed E-state index contributed by atoms with van der Waals surface area (Å²) in [6.45, 7) is 3.18. The summed E-state index contributed by atoms with van der Waals surface area (Å²) < 4.78 is 0. The molecule has 3 rings (SSSR count). The highest BCUT2D eigenvalue weighted by Gasteiger charge is 2.15. The van der Waals surface area contributed by atoms with Crippen molar-refractivity contribution in [3.05, 3.63) is 60.2 Å². The highest BCUT2D eigenvalue weighted by molar-refractivity contribution is 6.14. The van der Waals surface area contributed by atoms with Crippen molar-refractivity contribution < 1.29 is 9.63 Å². The topological polar surface area (TPSA) is 54.4 Å². The molecule has 0 aliphatic rings. The zero-order chi connectivity index (χ0) is 15.5. The van der Waals surface area contributed by atoms with Crippen molar-refractivity contribution in [2.75, 3.05) is 0 Å². The van der Waals surface area contributed by atoms with Crippen LogP contribution in [0.1, 0.15) is 19.4 Å². The van der Waals surface area contributed by atoms with Crippen LogP contribution in [-0.4, -0.2) is 16.7 Å². The van der Waals surface area contributed by atoms with Gasteiger partial charge >= 0.3 is 5.97 Å². The van der Waals surface area contributed by atoms with E-state index in [9.17, 15) is 4.79 Å². The van der Waals surface area contributed by atoms with E-state index in [1.54, 1.807) is 0 Å². The fourth-order valence-electron chi connectivity index (χ4n) is 2.52. The fourth-order valence-corrected chi connectivity index (χ4v) is 2.52. The van der Waals surface area contributed by atoms with Gasteiger partial charge < -0.3 is 9.82 Å². The second-order valence-corrected chi connectivity index (χ2v) is 5.05. The van der Waals surface area contributed by atoms with Crippen molar-refractivity contribution in [2.45, 2.75) is 13.8 Å². The van der Waals surface area contributed by atoms with Gasteiger partial charge in [0.25, 0.3) is 0 Å². The smallest absolute Gasteiger partial charge is 0.331 e. The lowest BCUT2D eigenvalue weighted by atomic mass is 10.0. The van der Waals surface area contributed by atoms with Crippen LogP contribution in [0.3, 0.4) is 0 Å². The molecule has 0 spiro atoms. The summed E-state index contributed by atoms with van der Waals surface area (Å²) in [7, 11) is 0. The number of rotatable bonds is 3. The molecular weight excluding hydrogens is 276 g/mol. The Morgan fingerprint density at radius 3 is 2.41 bits per heavy atom. The number of H-pyrrole nitrogens is 1. The van der Waals surface area contributed by atoms with Crippen LogP contribution in [0.2, 0.25) is 0 Å². The van der Waals surface area contributed by atoms with Gasteiger partial charge in [-0.3, -0.25) is 0 Å². The van der Waals surface area contributed by atoms with E-state index < -0.39 is 5.97 Å². The van der Waals surface area contributed by atoms with Crippen molar-refractivity contribution in [1.29, 1.82) is 0 Å². The lowest BCUT2D eigenvalue weighted by molar-refractivity contribution is -0.140. The number of benzene rings is 2. The molecule has 1 aromatic heterocycles. The first-order valence-corrected chi connectivity index (χ1v) is 7.05. The first-order valence-electron chi connectivity index (χ1n) is 7.05. The van der Waals surface area contributed by atoms with Gasteiger partial charge in [0.2, 0.25) is 0 Å². The van der Waals surface area contributed by atoms with Crippen molar-refractivity contribution >= 4 is 22.6 Å². The maximum Gasteiger partial charge on any atom is 0.331 e. The van der Waals surface area contributed by atoms with Crippen LogP contribution in [0.4, 0.5) is 0 Å². The second-order valence-electron chi connectivity index (χ2n) is 5.05. The monoisotopic (exact) mass is 292 g/mol. The molecule has 0 aliphatic heterocycles. The normalized spacial score (nSPS) is 11.6. The van der Waals surface area contributed by atoms with Gasteiger partial charge in [-0.15, -0.1) is 0 Å². The maximum atomic E-state index is 11.0. The quantitative estimate of drug-likeness (QED) is 0.448. The summed E-state index contributed by atoms with van der Waals surface area (Å²) in [5.41, 5.74) is 4.66. The standard InChI is InChI=1S/C18H16N2O2/c1-12(20-22-13(2)21)17-15-10-6-7-11-16(15)19-18(17)14-8-4-3-5-9-14/h3-11,19H,1-2H3. The van der Waals surface area contributed by atoms with E-state index in [1.165, 1.54) is 6.92 Å². The molecule has 110 valence electrons. The van der Waals surface area contributed by atoms with Crippen LogP contribution in [0, 0.1) is 0 Å². The number of carbonyl (C=O) groups is 1. The number of nitrogens with one attached hydrogen (secondary N) is 1. The Morgan fingerprint density at radius 2 is 1.68 bits per heavy atom. The molecule has 0 radical (unpaired) electrons. The van der Waals surface area contributed by atoms with E-state index >= 15 is 0 Å². The number of aromatic nitrogens is 1. The minimum absolute atomic E-state index is 0.430. The van der Waals surface area contributed by atoms with E-state index in [0.717, 1.165) is 27.7 Å². The van der Waals surface area contributed by atoms with Gasteiger partial charge in [-0.25, -0.2) is 4.79 Å². The largest absolute Gasteiger partial charge is 0.354 e. The maximum absolute atomic E-state index is 11.0. The van der Waals surface area contributed by atoms with Crippen LogP contribution in [0.25, 0.3) is 22.2 Å². The van der Waals surface area contributed by atoms with Crippen LogP contribution in [0.5, 0.6) is 0 Å². The number of hydrogen-bond donors (Lipinski definition) is 1. The van der Waals surface area contributed by atoms with Crippen LogP contribution in [-0.2, 0) is 9.63 Å². The van der Waals surface area contributed by atoms with E-state index in [4.69, 9.17) is 4.84 Å². The third kappa shape index (κ3) is 2.63. The van der Waals surface area contributed by atoms with Gasteiger partial charge in [-0.1, -0.05) is 53.7 Å². The molecule has 3 aromatic rings. The second kappa shape index (κ2) is 5.85. The van der Waals surface area contributed by atoms with E-state index in [1.807, 2.05) is 61.5 Å². The van der Waals surface area contributed by atoms with Crippen molar-refractivity contribution in [3.8, 4) is 11.3 Å². The lowest BCUT2D eigenvalue weighted by Gasteiger charge is -2.04. The lowest BCUT2D eigenvalue weighted by Crippen LogP contribution is -2.00. The van der Waals surface area contributed by atoms with Gasteiger partial charge in [-0.2, -0.15) is 0 Å². The average molecular weight is 292 g/mol. The zero-order valence-electron chi connectivity index (χ0n) is 12.5. The number of hydrogen-bond acceptors (Lipinski definition) is 3. The number of para-hydroxylation sites is 1. The number of aromatic amines is 1. The molecular formula is C18H16N2O2. The molecule has 0 amide bonds. The predicted octanol–water partition coefficient (Wildman–Crippen LogP) is 4.12. The highest BCUT2D eigenvalue weighted by Crippen LogP contribution is 2.30. The van der Waals surface area contributed by atoms with E-state index in [-0.39, 0.29) is 0 Å². The van der Waals surface area contributed by atoms with Crippen LogP contribution >= 0.6 is 0 Å². The predicted molar refractivity (Wildman–Crippen MR) is 87.7 cm³/mol. The minimum Gasteiger partial charge on any atom is -0.354 e. The number of carbonyl (C=O) groups excluding carboxylic acids is 1. The molecule has 1 N–H and O–H groups in total.